The van der Waals surface area contributed by atoms with Gasteiger partial charge in [-0.15, -0.1) is 0 Å². The molecule has 0 saturated carbocycles. The maximum absolute atomic E-state index is 6.04. The van der Waals surface area contributed by atoms with Crippen LogP contribution in [0, 0.1) is 0 Å². The first-order valence-corrected chi connectivity index (χ1v) is 52.0. The monoisotopic (exact) mass is 1140 g/mol. The Hall–Kier alpha value is 1.80. The standard InChI is InChI=1S/4C8H24O5Si3/c4*1-9-16(10-2,11-3)13-15(7,8)12-14(4,5)6/h4*1-8H3. The van der Waals surface area contributed by atoms with Gasteiger partial charge in [-0.05, 0) is 131 Å². The van der Waals surface area contributed by atoms with Crippen LogP contribution in [-0.2, 0) is 86.0 Å². The molecule has 0 saturated heterocycles. The molecule has 0 spiro atoms. The summed E-state index contributed by atoms with van der Waals surface area (Å²) < 4.78 is 110. The molecule has 0 rings (SSSR count). The summed E-state index contributed by atoms with van der Waals surface area (Å²) in [7, 11) is -9.37. The highest BCUT2D eigenvalue weighted by molar-refractivity contribution is 6.86. The Balaban J connectivity index is -0.000000375. The summed E-state index contributed by atoms with van der Waals surface area (Å²) in [5.74, 6) is 0. The summed E-state index contributed by atoms with van der Waals surface area (Å²) in [6.45, 7) is 41.3. The van der Waals surface area contributed by atoms with Crippen molar-refractivity contribution in [2.75, 3.05) is 85.3 Å². The molecule has 0 aliphatic heterocycles. The lowest BCUT2D eigenvalue weighted by molar-refractivity contribution is 0.0401. The van der Waals surface area contributed by atoms with Crippen molar-refractivity contribution >= 4 is 104 Å². The molecule has 0 fully saturated rings. The molecule has 392 valence electrons. The molecule has 0 unspecified atom stereocenters. The SMILES string of the molecule is CO[Si](OC)(OC)O[Si](C)(C)O[Si](C)(C)C.CO[Si](OC)(OC)O[Si](C)(C)O[Si](C)(C)C.CO[Si](OC)(OC)O[Si](C)(C)O[Si](C)(C)C.CO[Si](OC)(OC)O[Si](C)(C)O[Si](C)(C)C. The molecule has 0 N–H and O–H groups in total. The predicted molar refractivity (Wildman–Crippen MR) is 279 cm³/mol. The minimum atomic E-state index is -2.99. The lowest BCUT2D eigenvalue weighted by Gasteiger charge is -2.35. The van der Waals surface area contributed by atoms with Gasteiger partial charge >= 0.3 is 70.4 Å². The zero-order valence-electron chi connectivity index (χ0n) is 46.2. The maximum atomic E-state index is 6.04. The molecular weight excluding hydrogens is 1040 g/mol. The smallest absolute Gasteiger partial charge is 0.437 e. The largest absolute Gasteiger partial charge is 0.669 e. The second-order valence-electron chi connectivity index (χ2n) is 19.3. The minimum Gasteiger partial charge on any atom is -0.437 e. The molecule has 0 atom stereocenters. The average molecular weight is 1140 g/mol. The Kier molecular flexibility index (Phi) is 33.9. The molecule has 0 amide bonds. The molecule has 0 radical (unpaired) electrons. The topological polar surface area (TPSA) is 185 Å². The van der Waals surface area contributed by atoms with Crippen molar-refractivity contribution in [2.45, 2.75) is 131 Å². The fourth-order valence-electron chi connectivity index (χ4n) is 5.74. The van der Waals surface area contributed by atoms with E-state index in [0.29, 0.717) is 0 Å². The normalized spacial score (nSPS) is 14.2. The van der Waals surface area contributed by atoms with E-state index in [1.807, 2.05) is 52.4 Å². The van der Waals surface area contributed by atoms with E-state index in [-0.39, 0.29) is 0 Å². The van der Waals surface area contributed by atoms with Gasteiger partial charge in [0.1, 0.15) is 0 Å². The fourth-order valence-corrected chi connectivity index (χ4v) is 47.1. The van der Waals surface area contributed by atoms with Gasteiger partial charge in [-0.25, -0.2) is 0 Å². The highest BCUT2D eigenvalue weighted by Gasteiger charge is 2.53. The van der Waals surface area contributed by atoms with Crippen molar-refractivity contribution in [3.63, 3.8) is 0 Å². The molecule has 0 aromatic rings. The molecule has 0 aromatic carbocycles. The van der Waals surface area contributed by atoms with E-state index in [1.165, 1.54) is 85.3 Å². The molecule has 0 aromatic heterocycles. The average Bonchev–Trinajstić information content (AvgIpc) is 3.11. The van der Waals surface area contributed by atoms with Gasteiger partial charge < -0.3 is 86.0 Å². The Morgan fingerprint density at radius 2 is 0.250 bits per heavy atom. The molecule has 32 heteroatoms. The van der Waals surface area contributed by atoms with Crippen LogP contribution >= 0.6 is 0 Å². The summed E-state index contributed by atoms with van der Waals surface area (Å²) in [5.41, 5.74) is 0. The fraction of sp³-hybridized carbons (Fsp3) is 1.00. The molecule has 0 heterocycles. The van der Waals surface area contributed by atoms with Gasteiger partial charge in [-0.2, -0.15) is 0 Å². The van der Waals surface area contributed by atoms with Gasteiger partial charge in [0.05, 0.1) is 0 Å². The third kappa shape index (κ3) is 34.2. The Bertz CT molecular complexity index is 1000. The van der Waals surface area contributed by atoms with Gasteiger partial charge in [0.15, 0.2) is 33.3 Å². The van der Waals surface area contributed by atoms with Gasteiger partial charge in [0.25, 0.3) is 0 Å². The number of hydrogen-bond donors (Lipinski definition) is 0. The molecule has 20 nitrogen and oxygen atoms in total. The van der Waals surface area contributed by atoms with Crippen molar-refractivity contribution in [3.8, 4) is 0 Å². The van der Waals surface area contributed by atoms with E-state index in [1.54, 1.807) is 0 Å². The first-order chi connectivity index (χ1) is 28.4. The Labute approximate surface area is 403 Å². The van der Waals surface area contributed by atoms with E-state index in [4.69, 9.17) is 86.0 Å². The predicted octanol–water partition coefficient (Wildman–Crippen LogP) is 7.72. The van der Waals surface area contributed by atoms with Crippen LogP contribution in [0.3, 0.4) is 0 Å². The van der Waals surface area contributed by atoms with Crippen molar-refractivity contribution in [3.05, 3.63) is 0 Å². The van der Waals surface area contributed by atoms with Crippen LogP contribution < -0.4 is 0 Å². The maximum Gasteiger partial charge on any atom is 0.669 e. The summed E-state index contributed by atoms with van der Waals surface area (Å²) in [4.78, 5) is 0. The van der Waals surface area contributed by atoms with Crippen LogP contribution in [0.4, 0.5) is 0 Å². The van der Waals surface area contributed by atoms with Crippen LogP contribution in [0.5, 0.6) is 0 Å². The van der Waals surface area contributed by atoms with E-state index in [9.17, 15) is 0 Å². The van der Waals surface area contributed by atoms with Gasteiger partial charge in [0, 0.05) is 85.3 Å². The highest BCUT2D eigenvalue weighted by atomic mass is 28.5. The second kappa shape index (κ2) is 30.0. The van der Waals surface area contributed by atoms with Crippen molar-refractivity contribution in [2.24, 2.45) is 0 Å². The Morgan fingerprint density at radius 3 is 0.312 bits per heavy atom. The Morgan fingerprint density at radius 1 is 0.156 bits per heavy atom. The lowest BCUT2D eigenvalue weighted by atomic mass is 11.8. The van der Waals surface area contributed by atoms with Crippen LogP contribution in [0.25, 0.3) is 0 Å². The van der Waals surface area contributed by atoms with Crippen LogP contribution in [-0.4, -0.2) is 189 Å². The molecule has 0 aliphatic carbocycles. The molecule has 0 bridgehead atoms. The van der Waals surface area contributed by atoms with Crippen molar-refractivity contribution in [1.29, 1.82) is 0 Å². The van der Waals surface area contributed by atoms with E-state index in [0.717, 1.165) is 0 Å². The highest BCUT2D eigenvalue weighted by Crippen LogP contribution is 2.25. The van der Waals surface area contributed by atoms with Crippen molar-refractivity contribution < 1.29 is 86.0 Å². The third-order valence-corrected chi connectivity index (χ3v) is 42.2. The third-order valence-electron chi connectivity index (χ3n) is 6.69. The first kappa shape index (κ1) is 72.3. The van der Waals surface area contributed by atoms with Gasteiger partial charge in [-0.1, -0.05) is 0 Å². The lowest BCUT2D eigenvalue weighted by Crippen LogP contribution is -2.57. The second-order valence-corrected chi connectivity index (χ2v) is 62.8. The van der Waals surface area contributed by atoms with E-state index < -0.39 is 104 Å². The van der Waals surface area contributed by atoms with Crippen LogP contribution in [0.15, 0.2) is 0 Å². The van der Waals surface area contributed by atoms with E-state index >= 15 is 0 Å². The van der Waals surface area contributed by atoms with Crippen LogP contribution in [0.2, 0.25) is 131 Å². The summed E-state index contributed by atoms with van der Waals surface area (Å²) in [6.07, 6.45) is 0. The zero-order chi connectivity index (χ0) is 52.1. The molecule has 0 aliphatic rings. The van der Waals surface area contributed by atoms with Gasteiger partial charge in [-0.3, -0.25) is 0 Å². The summed E-state index contributed by atoms with van der Waals surface area (Å²) in [6, 6.07) is 0. The van der Waals surface area contributed by atoms with Crippen molar-refractivity contribution in [1.82, 2.24) is 0 Å². The first-order valence-electron chi connectivity index (χ1n) is 20.6. The quantitative estimate of drug-likeness (QED) is 0.0693. The number of hydrogen-bond acceptors (Lipinski definition) is 20. The summed E-state index contributed by atoms with van der Waals surface area (Å²) in [5, 5.41) is 0. The van der Waals surface area contributed by atoms with Gasteiger partial charge in [0.2, 0.25) is 0 Å². The molecule has 64 heavy (non-hydrogen) atoms. The minimum absolute atomic E-state index is 1.53. The van der Waals surface area contributed by atoms with E-state index in [2.05, 4.69) is 78.6 Å². The molecular formula is C32H96O20Si12. The zero-order valence-corrected chi connectivity index (χ0v) is 58.2. The van der Waals surface area contributed by atoms with Crippen LogP contribution in [0.1, 0.15) is 0 Å². The number of rotatable bonds is 28. The summed E-state index contributed by atoms with van der Waals surface area (Å²) >= 11 is 0.